The number of aryl methyl sites for hydroxylation is 1. The van der Waals surface area contributed by atoms with Crippen LogP contribution in [0.3, 0.4) is 0 Å². The van der Waals surface area contributed by atoms with Crippen molar-refractivity contribution in [1.82, 2.24) is 0 Å². The highest BCUT2D eigenvalue weighted by atomic mass is 16.5. The molecule has 5 nitrogen and oxygen atoms in total. The monoisotopic (exact) mass is 285 g/mol. The average molecular weight is 285 g/mol. The van der Waals surface area contributed by atoms with Gasteiger partial charge in [-0.05, 0) is 31.2 Å². The van der Waals surface area contributed by atoms with Crippen LogP contribution >= 0.6 is 0 Å². The molecule has 21 heavy (non-hydrogen) atoms. The average Bonchev–Trinajstić information content (AvgIpc) is 2.53. The number of nitrogens with two attached hydrogens (primary N) is 1. The minimum Gasteiger partial charge on any atom is -0.497 e. The Morgan fingerprint density at radius 2 is 2.00 bits per heavy atom. The quantitative estimate of drug-likeness (QED) is 0.392. The molecule has 0 spiro atoms. The molecular formula is C16H19N3O2. The molecule has 0 unspecified atom stereocenters. The van der Waals surface area contributed by atoms with Gasteiger partial charge in [-0.2, -0.15) is 0 Å². The summed E-state index contributed by atoms with van der Waals surface area (Å²) < 4.78 is 5.24. The predicted octanol–water partition coefficient (Wildman–Crippen LogP) is 2.87. The number of amidine groups is 1. The van der Waals surface area contributed by atoms with Crippen LogP contribution in [0.15, 0.2) is 47.6 Å². The van der Waals surface area contributed by atoms with E-state index in [0.29, 0.717) is 5.56 Å². The number of nitrogens with zero attached hydrogens (tertiary/aromatic N) is 2. The van der Waals surface area contributed by atoms with Gasteiger partial charge in [-0.3, -0.25) is 0 Å². The highest BCUT2D eigenvalue weighted by Gasteiger charge is 2.13. The maximum Gasteiger partial charge on any atom is 0.172 e. The van der Waals surface area contributed by atoms with Crippen LogP contribution in [-0.4, -0.2) is 25.2 Å². The Labute approximate surface area is 124 Å². The molecule has 2 aromatic carbocycles. The first-order valence-electron chi connectivity index (χ1n) is 6.53. The Morgan fingerprint density at radius 1 is 1.24 bits per heavy atom. The summed E-state index contributed by atoms with van der Waals surface area (Å²) in [7, 11) is 3.56. The second-order valence-electron chi connectivity index (χ2n) is 4.77. The third kappa shape index (κ3) is 3.08. The topological polar surface area (TPSA) is 71.1 Å². The van der Waals surface area contributed by atoms with Crippen molar-refractivity contribution in [2.45, 2.75) is 6.92 Å². The summed E-state index contributed by atoms with van der Waals surface area (Å²) in [6.07, 6.45) is 0. The third-order valence-electron chi connectivity index (χ3n) is 3.34. The molecule has 0 amide bonds. The van der Waals surface area contributed by atoms with Gasteiger partial charge in [0.2, 0.25) is 0 Å². The van der Waals surface area contributed by atoms with Crippen molar-refractivity contribution in [3.05, 3.63) is 53.6 Å². The molecule has 0 aliphatic carbocycles. The van der Waals surface area contributed by atoms with Crippen molar-refractivity contribution in [2.75, 3.05) is 19.1 Å². The largest absolute Gasteiger partial charge is 0.497 e. The molecule has 0 aromatic heterocycles. The lowest BCUT2D eigenvalue weighted by atomic mass is 10.1. The molecule has 2 aromatic rings. The van der Waals surface area contributed by atoms with Crippen molar-refractivity contribution in [3.8, 4) is 5.75 Å². The van der Waals surface area contributed by atoms with Gasteiger partial charge in [0.05, 0.1) is 12.8 Å². The van der Waals surface area contributed by atoms with Crippen LogP contribution in [0, 0.1) is 6.92 Å². The molecule has 0 heterocycles. The van der Waals surface area contributed by atoms with Crippen molar-refractivity contribution in [2.24, 2.45) is 10.9 Å². The molecule has 0 saturated carbocycles. The van der Waals surface area contributed by atoms with Gasteiger partial charge < -0.3 is 20.6 Å². The van der Waals surface area contributed by atoms with E-state index in [1.807, 2.05) is 61.3 Å². The number of oxime groups is 1. The molecule has 0 aliphatic rings. The van der Waals surface area contributed by atoms with Gasteiger partial charge in [0, 0.05) is 24.4 Å². The molecule has 0 aliphatic heterocycles. The Balaban J connectivity index is 2.49. The number of hydrogen-bond donors (Lipinski definition) is 2. The zero-order chi connectivity index (χ0) is 15.4. The first-order valence-corrected chi connectivity index (χ1v) is 6.53. The molecule has 3 N–H and O–H groups in total. The van der Waals surface area contributed by atoms with E-state index in [2.05, 4.69) is 5.16 Å². The fourth-order valence-electron chi connectivity index (χ4n) is 2.16. The van der Waals surface area contributed by atoms with Gasteiger partial charge in [-0.25, -0.2) is 0 Å². The second kappa shape index (κ2) is 6.17. The highest BCUT2D eigenvalue weighted by Crippen LogP contribution is 2.29. The zero-order valence-corrected chi connectivity index (χ0v) is 12.4. The summed E-state index contributed by atoms with van der Waals surface area (Å²) in [6.45, 7) is 1.96. The number of benzene rings is 2. The Bertz CT molecular complexity index is 668. The van der Waals surface area contributed by atoms with E-state index in [0.717, 1.165) is 22.7 Å². The number of methoxy groups -OCH3 is 1. The number of anilines is 2. The molecular weight excluding hydrogens is 266 g/mol. The normalized spacial score (nSPS) is 11.3. The second-order valence-corrected chi connectivity index (χ2v) is 4.77. The van der Waals surface area contributed by atoms with Crippen molar-refractivity contribution >= 4 is 17.2 Å². The van der Waals surface area contributed by atoms with Gasteiger partial charge in [0.25, 0.3) is 0 Å². The summed E-state index contributed by atoms with van der Waals surface area (Å²) in [5, 5.41) is 12.1. The fraction of sp³-hybridized carbons (Fsp3) is 0.188. The van der Waals surface area contributed by atoms with Crippen LogP contribution in [0.2, 0.25) is 0 Å². The SMILES string of the molecule is COc1cccc(N(C)c2ccc(C)cc2/C(N)=N/O)c1. The first-order chi connectivity index (χ1) is 10.1. The van der Waals surface area contributed by atoms with E-state index in [-0.39, 0.29) is 5.84 Å². The maximum absolute atomic E-state index is 8.96. The van der Waals surface area contributed by atoms with Crippen LogP contribution in [0.1, 0.15) is 11.1 Å². The maximum atomic E-state index is 8.96. The number of ether oxygens (including phenoxy) is 1. The highest BCUT2D eigenvalue weighted by molar-refractivity contribution is 6.03. The van der Waals surface area contributed by atoms with Crippen molar-refractivity contribution < 1.29 is 9.94 Å². The van der Waals surface area contributed by atoms with Crippen LogP contribution < -0.4 is 15.4 Å². The molecule has 5 heteroatoms. The van der Waals surface area contributed by atoms with Crippen LogP contribution in [0.5, 0.6) is 5.75 Å². The van der Waals surface area contributed by atoms with E-state index in [1.165, 1.54) is 0 Å². The van der Waals surface area contributed by atoms with Gasteiger partial charge in [0.15, 0.2) is 5.84 Å². The van der Waals surface area contributed by atoms with Gasteiger partial charge in [0.1, 0.15) is 5.75 Å². The summed E-state index contributed by atoms with van der Waals surface area (Å²) >= 11 is 0. The van der Waals surface area contributed by atoms with Gasteiger partial charge in [-0.15, -0.1) is 0 Å². The molecule has 0 atom stereocenters. The minimum atomic E-state index is 0.0865. The van der Waals surface area contributed by atoms with Crippen LogP contribution in [0.25, 0.3) is 0 Å². The van der Waals surface area contributed by atoms with E-state index in [1.54, 1.807) is 7.11 Å². The van der Waals surface area contributed by atoms with Crippen molar-refractivity contribution in [3.63, 3.8) is 0 Å². The Kier molecular flexibility index (Phi) is 4.33. The van der Waals surface area contributed by atoms with E-state index in [9.17, 15) is 0 Å². The molecule has 0 radical (unpaired) electrons. The van der Waals surface area contributed by atoms with Gasteiger partial charge >= 0.3 is 0 Å². The van der Waals surface area contributed by atoms with E-state index < -0.39 is 0 Å². The fourth-order valence-corrected chi connectivity index (χ4v) is 2.16. The molecule has 0 saturated heterocycles. The summed E-state index contributed by atoms with van der Waals surface area (Å²) in [5.74, 6) is 0.861. The lowest BCUT2D eigenvalue weighted by molar-refractivity contribution is 0.318. The number of rotatable bonds is 4. The summed E-state index contributed by atoms with van der Waals surface area (Å²) in [4.78, 5) is 1.97. The van der Waals surface area contributed by atoms with Gasteiger partial charge in [-0.1, -0.05) is 22.9 Å². The van der Waals surface area contributed by atoms with E-state index >= 15 is 0 Å². The predicted molar refractivity (Wildman–Crippen MR) is 84.7 cm³/mol. The van der Waals surface area contributed by atoms with Crippen molar-refractivity contribution in [1.29, 1.82) is 0 Å². The minimum absolute atomic E-state index is 0.0865. The van der Waals surface area contributed by atoms with Crippen LogP contribution in [-0.2, 0) is 0 Å². The van der Waals surface area contributed by atoms with E-state index in [4.69, 9.17) is 15.7 Å². The molecule has 0 fully saturated rings. The zero-order valence-electron chi connectivity index (χ0n) is 12.4. The molecule has 2 rings (SSSR count). The number of hydrogen-bond acceptors (Lipinski definition) is 4. The van der Waals surface area contributed by atoms with Crippen LogP contribution in [0.4, 0.5) is 11.4 Å². The summed E-state index contributed by atoms with van der Waals surface area (Å²) in [5.41, 5.74) is 9.31. The molecule has 110 valence electrons. The lowest BCUT2D eigenvalue weighted by Gasteiger charge is -2.23. The Morgan fingerprint density at radius 3 is 2.67 bits per heavy atom. The standard InChI is InChI=1S/C16H19N3O2/c1-11-7-8-15(14(9-11)16(17)18-20)19(2)12-5-4-6-13(10-12)21-3/h4-10,20H,1-3H3,(H2,17,18). The summed E-state index contributed by atoms with van der Waals surface area (Å²) in [6, 6.07) is 13.5. The lowest BCUT2D eigenvalue weighted by Crippen LogP contribution is -2.19. The smallest absolute Gasteiger partial charge is 0.172 e. The Hall–Kier alpha value is -2.69. The third-order valence-corrected chi connectivity index (χ3v) is 3.34. The first kappa shape index (κ1) is 14.7. The molecule has 0 bridgehead atoms.